The number of oxazole rings is 1. The van der Waals surface area contributed by atoms with Crippen molar-refractivity contribution in [2.45, 2.75) is 6.92 Å². The van der Waals surface area contributed by atoms with Gasteiger partial charge in [-0.3, -0.25) is 9.69 Å². The smallest absolute Gasteiger partial charge is 0.305 e. The zero-order valence-electron chi connectivity index (χ0n) is 19.6. The lowest BCUT2D eigenvalue weighted by Crippen LogP contribution is -3.00. The number of fused-ring (bicyclic) bond motifs is 1. The molecule has 0 fully saturated rings. The van der Waals surface area contributed by atoms with Gasteiger partial charge in [0.1, 0.15) is 28.7 Å². The van der Waals surface area contributed by atoms with Crippen molar-refractivity contribution in [2.24, 2.45) is 0 Å². The molecule has 6 heteroatoms. The maximum absolute atomic E-state index is 11.4. The summed E-state index contributed by atoms with van der Waals surface area (Å²) in [6, 6.07) is 36.6. The number of aromatic nitrogens is 1. The summed E-state index contributed by atoms with van der Waals surface area (Å²) in [5, 5.41) is 3.98. The fourth-order valence-electron chi connectivity index (χ4n) is 4.44. The standard InChI is InChI=1S/C29H26N2O2P.BrH/c1-3-31(21-32)29-30-26-19-18-22(20-27(26)33-29)25-16-10-11-17-28(25)34(2,23-12-6-4-7-13-23)24-14-8-5-9-15-24;/h4-21H,3H2,1-2H3;1H/q+1;/p-1. The van der Waals surface area contributed by atoms with Crippen molar-refractivity contribution >= 4 is 46.7 Å². The summed E-state index contributed by atoms with van der Waals surface area (Å²) in [6.07, 6.45) is 0.747. The minimum absolute atomic E-state index is 0. The molecule has 4 aromatic carbocycles. The Labute approximate surface area is 216 Å². The van der Waals surface area contributed by atoms with Gasteiger partial charge in [0.15, 0.2) is 5.58 Å². The number of carbonyl (C=O) groups excluding carboxylic acids is 1. The number of halogens is 1. The molecule has 0 radical (unpaired) electrons. The molecule has 176 valence electrons. The number of rotatable bonds is 7. The van der Waals surface area contributed by atoms with Gasteiger partial charge in [0, 0.05) is 12.1 Å². The van der Waals surface area contributed by atoms with Gasteiger partial charge >= 0.3 is 6.01 Å². The molecule has 0 spiro atoms. The zero-order chi connectivity index (χ0) is 23.5. The van der Waals surface area contributed by atoms with E-state index in [1.54, 1.807) is 0 Å². The van der Waals surface area contributed by atoms with Gasteiger partial charge in [0.25, 0.3) is 0 Å². The first-order chi connectivity index (χ1) is 16.6. The van der Waals surface area contributed by atoms with Gasteiger partial charge in [0.2, 0.25) is 6.41 Å². The third-order valence-corrected chi connectivity index (χ3v) is 10.3. The normalized spacial score (nSPS) is 11.1. The molecule has 5 rings (SSSR count). The molecular weight excluding hydrogens is 519 g/mol. The van der Waals surface area contributed by atoms with Crippen LogP contribution in [-0.4, -0.2) is 24.6 Å². The summed E-state index contributed by atoms with van der Waals surface area (Å²) >= 11 is 0. The first-order valence-corrected chi connectivity index (χ1v) is 13.6. The first-order valence-electron chi connectivity index (χ1n) is 11.4. The van der Waals surface area contributed by atoms with Crippen LogP contribution in [0.5, 0.6) is 0 Å². The Balaban J connectivity index is 0.00000289. The van der Waals surface area contributed by atoms with Gasteiger partial charge in [-0.1, -0.05) is 60.7 Å². The summed E-state index contributed by atoms with van der Waals surface area (Å²) < 4.78 is 5.96. The van der Waals surface area contributed by atoms with Crippen molar-refractivity contribution in [1.82, 2.24) is 4.98 Å². The lowest BCUT2D eigenvalue weighted by molar-refractivity contribution is -0.107. The number of carbonyl (C=O) groups is 1. The summed E-state index contributed by atoms with van der Waals surface area (Å²) in [4.78, 5) is 17.3. The summed E-state index contributed by atoms with van der Waals surface area (Å²) in [7, 11) is -1.91. The molecule has 4 nitrogen and oxygen atoms in total. The molecule has 0 bridgehead atoms. The molecule has 35 heavy (non-hydrogen) atoms. The minimum Gasteiger partial charge on any atom is -1.00 e. The van der Waals surface area contributed by atoms with E-state index in [0.29, 0.717) is 18.1 Å². The molecule has 0 atom stereocenters. The molecule has 1 amide bonds. The third-order valence-electron chi connectivity index (χ3n) is 6.33. The van der Waals surface area contributed by atoms with E-state index in [9.17, 15) is 4.79 Å². The molecule has 0 N–H and O–H groups in total. The van der Waals surface area contributed by atoms with E-state index >= 15 is 0 Å². The Morgan fingerprint density at radius 1 is 0.857 bits per heavy atom. The van der Waals surface area contributed by atoms with Gasteiger partial charge in [-0.2, -0.15) is 4.98 Å². The van der Waals surface area contributed by atoms with Crippen LogP contribution in [0.1, 0.15) is 6.92 Å². The largest absolute Gasteiger partial charge is 1.00 e. The fourth-order valence-corrected chi connectivity index (χ4v) is 7.91. The predicted octanol–water partition coefficient (Wildman–Crippen LogP) is 2.41. The molecule has 0 saturated carbocycles. The quantitative estimate of drug-likeness (QED) is 0.233. The van der Waals surface area contributed by atoms with Crippen molar-refractivity contribution in [2.75, 3.05) is 18.1 Å². The second-order valence-corrected chi connectivity index (χ2v) is 11.8. The highest BCUT2D eigenvalue weighted by atomic mass is 79.9. The number of anilines is 1. The summed E-state index contributed by atoms with van der Waals surface area (Å²) in [5.41, 5.74) is 3.65. The van der Waals surface area contributed by atoms with E-state index in [0.717, 1.165) is 17.5 Å². The highest BCUT2D eigenvalue weighted by molar-refractivity contribution is 7.95. The van der Waals surface area contributed by atoms with Gasteiger partial charge in [0.05, 0.1) is 6.66 Å². The highest BCUT2D eigenvalue weighted by Crippen LogP contribution is 2.53. The van der Waals surface area contributed by atoms with Gasteiger partial charge in [-0.25, -0.2) is 0 Å². The van der Waals surface area contributed by atoms with Crippen LogP contribution in [-0.2, 0) is 4.79 Å². The zero-order valence-corrected chi connectivity index (χ0v) is 22.1. The Morgan fingerprint density at radius 3 is 2.06 bits per heavy atom. The molecule has 0 aliphatic heterocycles. The third kappa shape index (κ3) is 4.54. The SMILES string of the molecule is CCN(C=O)c1nc2ccc(-c3ccccc3[P+](C)(c3ccccc3)c3ccccc3)cc2o1.[Br-]. The highest BCUT2D eigenvalue weighted by Gasteiger charge is 2.41. The van der Waals surface area contributed by atoms with E-state index < -0.39 is 7.26 Å². The molecule has 0 aliphatic carbocycles. The average molecular weight is 545 g/mol. The van der Waals surface area contributed by atoms with E-state index in [4.69, 9.17) is 4.42 Å². The molecule has 1 heterocycles. The second kappa shape index (κ2) is 10.6. The molecule has 0 aliphatic rings. The van der Waals surface area contributed by atoms with Crippen LogP contribution < -0.4 is 37.8 Å². The Kier molecular flexibility index (Phi) is 7.49. The lowest BCUT2D eigenvalue weighted by Gasteiger charge is -2.25. The summed E-state index contributed by atoms with van der Waals surface area (Å²) in [5.74, 6) is 0. The van der Waals surface area contributed by atoms with Crippen LogP contribution in [0.4, 0.5) is 6.01 Å². The average Bonchev–Trinajstić information content (AvgIpc) is 3.33. The van der Waals surface area contributed by atoms with Crippen LogP contribution in [0, 0.1) is 0 Å². The number of hydrogen-bond acceptors (Lipinski definition) is 3. The maximum Gasteiger partial charge on any atom is 0.305 e. The van der Waals surface area contributed by atoms with Crippen molar-refractivity contribution in [1.29, 1.82) is 0 Å². The minimum atomic E-state index is -1.91. The van der Waals surface area contributed by atoms with Crippen LogP contribution in [0.15, 0.2) is 108 Å². The van der Waals surface area contributed by atoms with E-state index in [2.05, 4.69) is 103 Å². The number of benzene rings is 4. The van der Waals surface area contributed by atoms with E-state index in [1.165, 1.54) is 26.4 Å². The number of hydrogen-bond donors (Lipinski definition) is 0. The molecule has 5 aromatic rings. The number of nitrogens with zero attached hydrogens (tertiary/aromatic N) is 2. The Bertz CT molecular complexity index is 1400. The lowest BCUT2D eigenvalue weighted by atomic mass is 10.1. The van der Waals surface area contributed by atoms with E-state index in [1.807, 2.05) is 19.1 Å². The van der Waals surface area contributed by atoms with Crippen molar-refractivity contribution in [3.05, 3.63) is 103 Å². The van der Waals surface area contributed by atoms with Crippen LogP contribution in [0.2, 0.25) is 0 Å². The van der Waals surface area contributed by atoms with Gasteiger partial charge in [-0.05, 0) is 55.0 Å². The van der Waals surface area contributed by atoms with Crippen LogP contribution in [0.3, 0.4) is 0 Å². The van der Waals surface area contributed by atoms with Gasteiger partial charge in [-0.15, -0.1) is 0 Å². The van der Waals surface area contributed by atoms with Crippen LogP contribution >= 0.6 is 7.26 Å². The number of amides is 1. The van der Waals surface area contributed by atoms with Crippen molar-refractivity contribution in [3.8, 4) is 11.1 Å². The fraction of sp³-hybridized carbons (Fsp3) is 0.103. The topological polar surface area (TPSA) is 46.3 Å². The molecule has 0 saturated heterocycles. The van der Waals surface area contributed by atoms with Gasteiger partial charge < -0.3 is 21.4 Å². The Morgan fingerprint density at radius 2 is 1.46 bits per heavy atom. The maximum atomic E-state index is 11.4. The molecule has 0 unspecified atom stereocenters. The second-order valence-electron chi connectivity index (χ2n) is 8.26. The monoisotopic (exact) mass is 544 g/mol. The Hall–Kier alpha value is -3.27. The van der Waals surface area contributed by atoms with Crippen molar-refractivity contribution in [3.63, 3.8) is 0 Å². The predicted molar refractivity (Wildman–Crippen MR) is 143 cm³/mol. The summed E-state index contributed by atoms with van der Waals surface area (Å²) in [6.45, 7) is 4.79. The van der Waals surface area contributed by atoms with Crippen molar-refractivity contribution < 1.29 is 26.2 Å². The first kappa shape index (κ1) is 24.8. The molecule has 1 aromatic heterocycles. The van der Waals surface area contributed by atoms with Crippen LogP contribution in [0.25, 0.3) is 22.2 Å². The molecular formula is C29H26BrN2O2P. The van der Waals surface area contributed by atoms with E-state index in [-0.39, 0.29) is 17.0 Å².